The summed E-state index contributed by atoms with van der Waals surface area (Å²) in [5.41, 5.74) is 8.15. The van der Waals surface area contributed by atoms with Crippen LogP contribution in [0.25, 0.3) is 20.8 Å². The predicted molar refractivity (Wildman–Crippen MR) is 190 cm³/mol. The lowest BCUT2D eigenvalue weighted by molar-refractivity contribution is -0.00000893. The normalized spacial score (nSPS) is 10.8. The Hall–Kier alpha value is -3.46. The first kappa shape index (κ1) is 35.7. The molecule has 0 aromatic heterocycles. The van der Waals surface area contributed by atoms with Crippen LogP contribution in [0.15, 0.2) is 82.6 Å². The molecule has 0 saturated heterocycles. The van der Waals surface area contributed by atoms with Crippen LogP contribution in [0.3, 0.4) is 0 Å². The zero-order valence-corrected chi connectivity index (χ0v) is 27.2. The van der Waals surface area contributed by atoms with Crippen molar-refractivity contribution in [2.45, 2.75) is 24.6 Å². The molecule has 230 valence electrons. The summed E-state index contributed by atoms with van der Waals surface area (Å²) in [5, 5.41) is 4.72. The van der Waals surface area contributed by atoms with E-state index in [2.05, 4.69) is 154 Å². The van der Waals surface area contributed by atoms with Gasteiger partial charge in [-0.25, -0.2) is 9.56 Å². The van der Waals surface area contributed by atoms with Crippen molar-refractivity contribution in [3.8, 4) is 10.6 Å². The zero-order chi connectivity index (χ0) is 28.6. The summed E-state index contributed by atoms with van der Waals surface area (Å²) >= 11 is 3.63. The molecule has 1 aliphatic carbocycles. The highest BCUT2D eigenvalue weighted by molar-refractivity contribution is 7.99. The number of anilines is 5. The average Bonchev–Trinajstić information content (AvgIpc) is 2.93. The summed E-state index contributed by atoms with van der Waals surface area (Å²) in [6, 6.07) is 25.9. The fourth-order valence-corrected chi connectivity index (χ4v) is 6.46. The molecule has 3 aromatic rings. The fourth-order valence-electron chi connectivity index (χ4n) is 4.38. The second-order valence-electron chi connectivity index (χ2n) is 10.7. The molecule has 0 saturated carbocycles. The predicted octanol–water partition coefficient (Wildman–Crippen LogP) is 4.80. The van der Waals surface area contributed by atoms with Crippen molar-refractivity contribution in [3.05, 3.63) is 78.2 Å². The minimum atomic E-state index is 0. The van der Waals surface area contributed by atoms with Crippen molar-refractivity contribution in [1.29, 1.82) is 0 Å². The van der Waals surface area contributed by atoms with E-state index in [0.29, 0.717) is 0 Å². The van der Waals surface area contributed by atoms with Crippen molar-refractivity contribution in [1.82, 2.24) is 9.56 Å². The third-order valence-corrected chi connectivity index (χ3v) is 9.04. The number of hydrogen-bond donors (Lipinski definition) is 1. The van der Waals surface area contributed by atoms with E-state index in [9.17, 15) is 0 Å². The maximum atomic E-state index is 4.75. The standard InChI is InChI=1S/C16H19N3S.C16H18N3S.2CH4.ClH/c2*1-18(2)11-5-7-13-15(9-11)20-16-10-12(19(3)4)6-8-14(16)17-13;;;/h5-10,17H,1-4H3;5-10H,1-4H3;2*1H4;1H/q;+1;;;/p-1. The second kappa shape index (κ2) is 14.8. The Morgan fingerprint density at radius 2 is 1.16 bits per heavy atom. The topological polar surface area (TPSA) is 37.6 Å². The molecule has 0 radical (unpaired) electrons. The van der Waals surface area contributed by atoms with Crippen LogP contribution < -0.4 is 42.4 Å². The summed E-state index contributed by atoms with van der Waals surface area (Å²) < 4.78 is 3.34. The number of fused-ring (bicyclic) bond motifs is 4. The molecule has 0 atom stereocenters. The molecule has 0 spiro atoms. The number of rotatable bonds is 3. The van der Waals surface area contributed by atoms with E-state index in [1.54, 1.807) is 11.3 Å². The van der Waals surface area contributed by atoms with Gasteiger partial charge in [-0.2, -0.15) is 0 Å². The van der Waals surface area contributed by atoms with Crippen LogP contribution in [0, 0.1) is 0 Å². The Bertz CT molecular complexity index is 1670. The summed E-state index contributed by atoms with van der Waals surface area (Å²) in [6.07, 6.45) is 0. The largest absolute Gasteiger partial charge is 1.00 e. The number of hydrogen-bond acceptors (Lipinski definition) is 7. The quantitative estimate of drug-likeness (QED) is 0.222. The molecule has 2 aliphatic heterocycles. The van der Waals surface area contributed by atoms with Gasteiger partial charge < -0.3 is 32.4 Å². The molecule has 3 aromatic carbocycles. The van der Waals surface area contributed by atoms with E-state index >= 15 is 0 Å². The first-order chi connectivity index (χ1) is 19.1. The van der Waals surface area contributed by atoms with Gasteiger partial charge in [-0.3, -0.25) is 0 Å². The molecular weight excluding hydrogens is 592 g/mol. The first-order valence-corrected chi connectivity index (χ1v) is 14.8. The van der Waals surface area contributed by atoms with Crippen LogP contribution >= 0.6 is 23.1 Å². The van der Waals surface area contributed by atoms with Crippen molar-refractivity contribution >= 4 is 61.8 Å². The van der Waals surface area contributed by atoms with Crippen LogP contribution in [0.2, 0.25) is 0 Å². The van der Waals surface area contributed by atoms with E-state index in [0.717, 1.165) is 11.2 Å². The summed E-state index contributed by atoms with van der Waals surface area (Å²) in [5.74, 6) is 0. The van der Waals surface area contributed by atoms with Gasteiger partial charge in [0.2, 0.25) is 5.36 Å². The van der Waals surface area contributed by atoms with Crippen molar-refractivity contribution in [3.63, 3.8) is 0 Å². The van der Waals surface area contributed by atoms with Gasteiger partial charge in [-0.1, -0.05) is 26.6 Å². The monoisotopic (exact) mass is 636 g/mol. The fraction of sp³-hybridized carbons (Fsp3) is 0.294. The van der Waals surface area contributed by atoms with Gasteiger partial charge in [0.1, 0.15) is 14.1 Å². The highest BCUT2D eigenvalue weighted by Gasteiger charge is 2.17. The molecule has 0 amide bonds. The molecule has 43 heavy (non-hydrogen) atoms. The molecular formula is C34H45ClN6S2. The molecule has 6 rings (SSSR count). The summed E-state index contributed by atoms with van der Waals surface area (Å²) in [6.45, 7) is 0. The lowest BCUT2D eigenvalue weighted by atomic mass is 10.2. The van der Waals surface area contributed by atoms with Gasteiger partial charge in [0.15, 0.2) is 0 Å². The summed E-state index contributed by atoms with van der Waals surface area (Å²) in [7, 11) is 16.5. The second-order valence-corrected chi connectivity index (χ2v) is 12.9. The molecule has 3 aliphatic rings. The number of aromatic nitrogens is 1. The Morgan fingerprint density at radius 1 is 0.651 bits per heavy atom. The summed E-state index contributed by atoms with van der Waals surface area (Å²) in [4.78, 5) is 14.9. The number of nitrogens with one attached hydrogen (secondary N) is 1. The number of benzene rings is 4. The molecule has 0 unspecified atom stereocenters. The maximum absolute atomic E-state index is 4.75. The maximum Gasteiger partial charge on any atom is 0.201 e. The third kappa shape index (κ3) is 7.93. The van der Waals surface area contributed by atoms with E-state index in [1.165, 1.54) is 53.2 Å². The van der Waals surface area contributed by atoms with Crippen molar-refractivity contribution < 1.29 is 12.4 Å². The van der Waals surface area contributed by atoms with Gasteiger partial charge in [0, 0.05) is 81.3 Å². The average molecular weight is 637 g/mol. The van der Waals surface area contributed by atoms with Crippen LogP contribution in [0.1, 0.15) is 14.9 Å². The van der Waals surface area contributed by atoms with Crippen LogP contribution in [0.5, 0.6) is 0 Å². The minimum absolute atomic E-state index is 0. The van der Waals surface area contributed by atoms with Crippen molar-refractivity contribution in [2.24, 2.45) is 0 Å². The molecule has 9 heteroatoms. The van der Waals surface area contributed by atoms with Crippen LogP contribution in [-0.4, -0.2) is 61.4 Å². The van der Waals surface area contributed by atoms with Gasteiger partial charge >= 0.3 is 0 Å². The van der Waals surface area contributed by atoms with Gasteiger partial charge in [0.25, 0.3) is 0 Å². The van der Waals surface area contributed by atoms with Crippen molar-refractivity contribution in [2.75, 3.05) is 76.4 Å². The zero-order valence-electron chi connectivity index (χ0n) is 24.9. The molecule has 0 fully saturated rings. The Kier molecular flexibility index (Phi) is 12.3. The Morgan fingerprint density at radius 3 is 1.67 bits per heavy atom. The highest BCUT2D eigenvalue weighted by Crippen LogP contribution is 2.46. The smallest absolute Gasteiger partial charge is 0.201 e. The van der Waals surface area contributed by atoms with Gasteiger partial charge in [-0.05, 0) is 60.7 Å². The van der Waals surface area contributed by atoms with E-state index in [-0.39, 0.29) is 27.3 Å². The van der Waals surface area contributed by atoms with E-state index < -0.39 is 0 Å². The Labute approximate surface area is 272 Å². The highest BCUT2D eigenvalue weighted by atomic mass is 35.5. The van der Waals surface area contributed by atoms with Crippen LogP contribution in [-0.2, 0) is 0 Å². The third-order valence-electron chi connectivity index (χ3n) is 6.83. The van der Waals surface area contributed by atoms with E-state index in [1.807, 2.05) is 11.8 Å². The number of nitrogens with zero attached hydrogens (tertiary/aromatic N) is 5. The minimum Gasteiger partial charge on any atom is -1.00 e. The molecule has 6 nitrogen and oxygen atoms in total. The lowest BCUT2D eigenvalue weighted by Crippen LogP contribution is -3.00. The first-order valence-electron chi connectivity index (χ1n) is 13.2. The molecule has 0 bridgehead atoms. The molecule has 2 heterocycles. The Balaban J connectivity index is 0.000000281. The molecule has 1 N–H and O–H groups in total. The van der Waals surface area contributed by atoms with Crippen LogP contribution in [0.4, 0.5) is 28.4 Å². The van der Waals surface area contributed by atoms with E-state index in [4.69, 9.17) is 4.98 Å². The SMILES string of the molecule is C.C.CN(C)c1ccc2c(c1)Sc1cc(N(C)C)ccc1N2.CN(C)c1ccc2nc3ccc(=[N+](C)C)cc-3sc2c1.[Cl-]. The van der Waals surface area contributed by atoms with Gasteiger partial charge in [-0.15, -0.1) is 11.3 Å². The lowest BCUT2D eigenvalue weighted by Gasteiger charge is -2.24. The number of halogens is 1. The van der Waals surface area contributed by atoms with Gasteiger partial charge in [0.05, 0.1) is 32.2 Å².